The van der Waals surface area contributed by atoms with E-state index in [4.69, 9.17) is 9.72 Å². The van der Waals surface area contributed by atoms with Crippen LogP contribution in [-0.2, 0) is 0 Å². The van der Waals surface area contributed by atoms with Crippen LogP contribution in [0.3, 0.4) is 0 Å². The number of amides is 1. The van der Waals surface area contributed by atoms with Gasteiger partial charge in [0.2, 0.25) is 5.88 Å². The topological polar surface area (TPSA) is 84.7 Å². The summed E-state index contributed by atoms with van der Waals surface area (Å²) in [4.78, 5) is 23.6. The van der Waals surface area contributed by atoms with Crippen LogP contribution < -0.4 is 15.0 Å². The average Bonchev–Trinajstić information content (AvgIpc) is 3.33. The standard InChI is InChI=1S/C19H19FN6O2/c1-11-8-21-18(27)14-10-23-26-6-4-16(24-17(14)26)25-5-2-3-15(25)13-7-12(20)9-22-19(13)28-11/h4,6-7,9-11,15H,2-3,5,8H2,1H3,(H,21,27). The molecule has 0 saturated carbocycles. The second-order valence-electron chi connectivity index (χ2n) is 7.15. The zero-order chi connectivity index (χ0) is 19.3. The lowest BCUT2D eigenvalue weighted by Crippen LogP contribution is -2.34. The number of carbonyl (C=O) groups is 1. The van der Waals surface area contributed by atoms with Gasteiger partial charge in [0.1, 0.15) is 23.3 Å². The third-order valence-electron chi connectivity index (χ3n) is 5.21. The van der Waals surface area contributed by atoms with Crippen LogP contribution in [0.5, 0.6) is 5.88 Å². The van der Waals surface area contributed by atoms with Crippen molar-refractivity contribution in [2.75, 3.05) is 18.0 Å². The number of ether oxygens (including phenoxy) is 1. The van der Waals surface area contributed by atoms with E-state index < -0.39 is 5.82 Å². The van der Waals surface area contributed by atoms with Crippen molar-refractivity contribution in [3.05, 3.63) is 47.7 Å². The predicted molar refractivity (Wildman–Crippen MR) is 98.9 cm³/mol. The maximum Gasteiger partial charge on any atom is 0.256 e. The minimum absolute atomic E-state index is 0.101. The van der Waals surface area contributed by atoms with E-state index in [1.54, 1.807) is 10.7 Å². The first-order chi connectivity index (χ1) is 13.6. The van der Waals surface area contributed by atoms with E-state index in [1.807, 2.05) is 13.0 Å². The van der Waals surface area contributed by atoms with Crippen LogP contribution in [0, 0.1) is 5.82 Å². The van der Waals surface area contributed by atoms with Crippen LogP contribution >= 0.6 is 0 Å². The van der Waals surface area contributed by atoms with E-state index in [0.717, 1.165) is 25.6 Å². The summed E-state index contributed by atoms with van der Waals surface area (Å²) in [7, 11) is 0. The number of fused-ring (bicyclic) bond motifs is 5. The largest absolute Gasteiger partial charge is 0.473 e. The third-order valence-corrected chi connectivity index (χ3v) is 5.21. The van der Waals surface area contributed by atoms with Crippen LogP contribution in [0.2, 0.25) is 0 Å². The van der Waals surface area contributed by atoms with Gasteiger partial charge in [-0.05, 0) is 31.9 Å². The monoisotopic (exact) mass is 382 g/mol. The highest BCUT2D eigenvalue weighted by molar-refractivity contribution is 5.99. The van der Waals surface area contributed by atoms with E-state index in [2.05, 4.69) is 20.3 Å². The molecule has 1 saturated heterocycles. The van der Waals surface area contributed by atoms with E-state index in [0.29, 0.717) is 28.5 Å². The minimum Gasteiger partial charge on any atom is -0.473 e. The summed E-state index contributed by atoms with van der Waals surface area (Å²) in [6.45, 7) is 2.89. The first-order valence-corrected chi connectivity index (χ1v) is 9.31. The molecule has 5 heterocycles. The number of pyridine rings is 1. The first-order valence-electron chi connectivity index (χ1n) is 9.31. The van der Waals surface area contributed by atoms with Gasteiger partial charge >= 0.3 is 0 Å². The highest BCUT2D eigenvalue weighted by Crippen LogP contribution is 2.39. The summed E-state index contributed by atoms with van der Waals surface area (Å²) in [6.07, 6.45) is 5.90. The van der Waals surface area contributed by atoms with Crippen molar-refractivity contribution in [3.63, 3.8) is 0 Å². The molecule has 2 bridgehead atoms. The normalized spacial score (nSPS) is 21.9. The van der Waals surface area contributed by atoms with Gasteiger partial charge in [0, 0.05) is 18.3 Å². The van der Waals surface area contributed by atoms with Gasteiger partial charge in [-0.15, -0.1) is 0 Å². The number of carbonyl (C=O) groups excluding carboxylic acids is 1. The summed E-state index contributed by atoms with van der Waals surface area (Å²) < 4.78 is 21.6. The zero-order valence-corrected chi connectivity index (χ0v) is 15.3. The Morgan fingerprint density at radius 1 is 1.36 bits per heavy atom. The summed E-state index contributed by atoms with van der Waals surface area (Å²) in [5.41, 5.74) is 1.60. The van der Waals surface area contributed by atoms with Gasteiger partial charge in [0.05, 0.1) is 25.0 Å². The molecule has 8 nitrogen and oxygen atoms in total. The van der Waals surface area contributed by atoms with Crippen molar-refractivity contribution in [1.29, 1.82) is 0 Å². The van der Waals surface area contributed by atoms with E-state index in [9.17, 15) is 9.18 Å². The lowest BCUT2D eigenvalue weighted by Gasteiger charge is -2.27. The van der Waals surface area contributed by atoms with Gasteiger partial charge in [0.15, 0.2) is 5.65 Å². The highest BCUT2D eigenvalue weighted by Gasteiger charge is 2.32. The van der Waals surface area contributed by atoms with E-state index in [-0.39, 0.29) is 24.6 Å². The summed E-state index contributed by atoms with van der Waals surface area (Å²) in [5.74, 6) is 0.441. The van der Waals surface area contributed by atoms with Gasteiger partial charge in [-0.3, -0.25) is 4.79 Å². The Kier molecular flexibility index (Phi) is 3.88. The lowest BCUT2D eigenvalue weighted by atomic mass is 10.1. The molecule has 3 aromatic heterocycles. The van der Waals surface area contributed by atoms with Crippen molar-refractivity contribution < 1.29 is 13.9 Å². The van der Waals surface area contributed by atoms with Crippen molar-refractivity contribution >= 4 is 17.4 Å². The molecular weight excluding hydrogens is 363 g/mol. The minimum atomic E-state index is -0.402. The fourth-order valence-corrected chi connectivity index (χ4v) is 3.89. The predicted octanol–water partition coefficient (Wildman–Crippen LogP) is 2.12. The van der Waals surface area contributed by atoms with Crippen molar-refractivity contribution in [3.8, 4) is 5.88 Å². The van der Waals surface area contributed by atoms with Crippen molar-refractivity contribution in [2.45, 2.75) is 31.9 Å². The molecule has 2 unspecified atom stereocenters. The molecule has 5 rings (SSSR count). The van der Waals surface area contributed by atoms with Gasteiger partial charge in [-0.2, -0.15) is 5.10 Å². The molecule has 0 radical (unpaired) electrons. The highest BCUT2D eigenvalue weighted by atomic mass is 19.1. The first kappa shape index (κ1) is 16.9. The number of nitrogens with one attached hydrogen (secondary N) is 1. The maximum absolute atomic E-state index is 14.0. The second-order valence-corrected chi connectivity index (χ2v) is 7.15. The third kappa shape index (κ3) is 2.74. The van der Waals surface area contributed by atoms with Crippen LogP contribution in [-0.4, -0.2) is 44.7 Å². The van der Waals surface area contributed by atoms with E-state index in [1.165, 1.54) is 12.3 Å². The Bertz CT molecular complexity index is 1070. The fourth-order valence-electron chi connectivity index (χ4n) is 3.89. The molecule has 28 heavy (non-hydrogen) atoms. The van der Waals surface area contributed by atoms with Crippen LogP contribution in [0.1, 0.15) is 41.7 Å². The van der Waals surface area contributed by atoms with Crippen molar-refractivity contribution in [1.82, 2.24) is 24.9 Å². The number of hydrogen-bond acceptors (Lipinski definition) is 6. The molecule has 3 aromatic rings. The maximum atomic E-state index is 14.0. The molecule has 1 fully saturated rings. The van der Waals surface area contributed by atoms with E-state index >= 15 is 0 Å². The molecule has 0 aliphatic carbocycles. The van der Waals surface area contributed by atoms with Gasteiger partial charge in [-0.1, -0.05) is 0 Å². The number of nitrogens with zero attached hydrogens (tertiary/aromatic N) is 5. The summed E-state index contributed by atoms with van der Waals surface area (Å²) in [5, 5.41) is 7.06. The molecule has 2 atom stereocenters. The number of anilines is 1. The molecule has 2 aliphatic heterocycles. The van der Waals surface area contributed by atoms with Gasteiger partial charge in [-0.25, -0.2) is 18.9 Å². The molecule has 0 aromatic carbocycles. The van der Waals surface area contributed by atoms with Crippen LogP contribution in [0.25, 0.3) is 5.65 Å². The Morgan fingerprint density at radius 2 is 2.25 bits per heavy atom. The lowest BCUT2D eigenvalue weighted by molar-refractivity contribution is 0.0932. The molecule has 144 valence electrons. The van der Waals surface area contributed by atoms with Crippen LogP contribution in [0.15, 0.2) is 30.7 Å². The Balaban J connectivity index is 1.69. The summed E-state index contributed by atoms with van der Waals surface area (Å²) >= 11 is 0. The number of aromatic nitrogens is 4. The molecule has 9 heteroatoms. The number of halogens is 1. The fraction of sp³-hybridized carbons (Fsp3) is 0.368. The Labute approximate surface area is 160 Å². The number of hydrogen-bond donors (Lipinski definition) is 1. The molecular formula is C19H19FN6O2. The quantitative estimate of drug-likeness (QED) is 0.641. The number of rotatable bonds is 0. The Hall–Kier alpha value is -3.23. The molecule has 1 amide bonds. The molecule has 0 spiro atoms. The SMILES string of the molecule is CC1CNC(=O)c2cnn3ccc(nc23)N2CCCC2c2cc(F)cnc2O1. The second kappa shape index (κ2) is 6.43. The average molecular weight is 382 g/mol. The molecule has 1 N–H and O–H groups in total. The van der Waals surface area contributed by atoms with Crippen LogP contribution in [0.4, 0.5) is 10.2 Å². The zero-order valence-electron chi connectivity index (χ0n) is 15.3. The van der Waals surface area contributed by atoms with Gasteiger partial charge in [0.25, 0.3) is 5.91 Å². The van der Waals surface area contributed by atoms with Gasteiger partial charge < -0.3 is 15.0 Å². The smallest absolute Gasteiger partial charge is 0.256 e. The van der Waals surface area contributed by atoms with Crippen molar-refractivity contribution in [2.24, 2.45) is 0 Å². The molecule has 2 aliphatic rings. The Morgan fingerprint density at radius 3 is 3.14 bits per heavy atom. The summed E-state index contributed by atoms with van der Waals surface area (Å²) in [6, 6.07) is 3.24.